The summed E-state index contributed by atoms with van der Waals surface area (Å²) in [5.74, 6) is -0.112. The standard InChI is InChI=1S/C11H14F3N3OS/c1-3-17(4-2)9(18)7-19-10-15-6-5-8(16-10)11(12,13)14/h5-6H,3-4,7H2,1-2H3. The number of hydrogen-bond donors (Lipinski definition) is 0. The highest BCUT2D eigenvalue weighted by Gasteiger charge is 2.32. The van der Waals surface area contributed by atoms with E-state index in [4.69, 9.17) is 0 Å². The fourth-order valence-corrected chi connectivity index (χ4v) is 2.10. The molecule has 1 heterocycles. The van der Waals surface area contributed by atoms with Gasteiger partial charge in [0.15, 0.2) is 5.16 Å². The summed E-state index contributed by atoms with van der Waals surface area (Å²) in [6, 6.07) is 0.802. The second kappa shape index (κ2) is 6.74. The van der Waals surface area contributed by atoms with E-state index in [1.165, 1.54) is 0 Å². The Bertz CT molecular complexity index is 435. The zero-order chi connectivity index (χ0) is 14.5. The van der Waals surface area contributed by atoms with Crippen LogP contribution in [0.1, 0.15) is 19.5 Å². The Morgan fingerprint density at radius 2 is 2.00 bits per heavy atom. The first-order valence-corrected chi connectivity index (χ1v) is 6.67. The van der Waals surface area contributed by atoms with Crippen LogP contribution in [0.4, 0.5) is 13.2 Å². The Morgan fingerprint density at radius 3 is 2.53 bits per heavy atom. The van der Waals surface area contributed by atoms with Crippen molar-refractivity contribution in [3.63, 3.8) is 0 Å². The molecule has 1 aromatic rings. The highest BCUT2D eigenvalue weighted by Crippen LogP contribution is 2.28. The molecule has 1 rings (SSSR count). The number of aromatic nitrogens is 2. The molecular formula is C11H14F3N3OS. The van der Waals surface area contributed by atoms with Crippen LogP contribution in [0.15, 0.2) is 17.4 Å². The van der Waals surface area contributed by atoms with E-state index in [1.807, 2.05) is 13.8 Å². The second-order valence-corrected chi connectivity index (χ2v) is 4.52. The van der Waals surface area contributed by atoms with E-state index in [0.717, 1.165) is 24.0 Å². The number of carbonyl (C=O) groups excluding carboxylic acids is 1. The maximum atomic E-state index is 12.4. The summed E-state index contributed by atoms with van der Waals surface area (Å²) in [6.45, 7) is 4.82. The largest absolute Gasteiger partial charge is 0.433 e. The molecule has 0 N–H and O–H groups in total. The van der Waals surface area contributed by atoms with Gasteiger partial charge in [-0.1, -0.05) is 11.8 Å². The summed E-state index contributed by atoms with van der Waals surface area (Å²) in [5.41, 5.74) is -1.000. The molecule has 0 atom stereocenters. The van der Waals surface area contributed by atoms with Gasteiger partial charge in [0.25, 0.3) is 0 Å². The summed E-state index contributed by atoms with van der Waals surface area (Å²) >= 11 is 0.904. The fraction of sp³-hybridized carbons (Fsp3) is 0.545. The zero-order valence-corrected chi connectivity index (χ0v) is 11.4. The number of carbonyl (C=O) groups is 1. The van der Waals surface area contributed by atoms with Gasteiger partial charge in [-0.15, -0.1) is 0 Å². The molecule has 0 saturated carbocycles. The van der Waals surface area contributed by atoms with E-state index >= 15 is 0 Å². The van der Waals surface area contributed by atoms with Crippen LogP contribution in [0.3, 0.4) is 0 Å². The van der Waals surface area contributed by atoms with Crippen molar-refractivity contribution in [2.45, 2.75) is 25.2 Å². The quantitative estimate of drug-likeness (QED) is 0.618. The smallest absolute Gasteiger partial charge is 0.343 e. The van der Waals surface area contributed by atoms with Crippen LogP contribution < -0.4 is 0 Å². The van der Waals surface area contributed by atoms with Crippen molar-refractivity contribution >= 4 is 17.7 Å². The molecule has 8 heteroatoms. The van der Waals surface area contributed by atoms with Crippen molar-refractivity contribution in [3.05, 3.63) is 18.0 Å². The maximum absolute atomic E-state index is 12.4. The molecule has 0 saturated heterocycles. The van der Waals surface area contributed by atoms with Crippen LogP contribution in [0, 0.1) is 0 Å². The Balaban J connectivity index is 2.66. The summed E-state index contributed by atoms with van der Waals surface area (Å²) in [7, 11) is 0. The first kappa shape index (κ1) is 15.7. The minimum Gasteiger partial charge on any atom is -0.343 e. The first-order valence-electron chi connectivity index (χ1n) is 5.69. The number of nitrogens with zero attached hydrogens (tertiary/aromatic N) is 3. The molecule has 1 amide bonds. The molecular weight excluding hydrogens is 279 g/mol. The van der Waals surface area contributed by atoms with Gasteiger partial charge in [0.2, 0.25) is 5.91 Å². The second-order valence-electron chi connectivity index (χ2n) is 3.58. The van der Waals surface area contributed by atoms with Gasteiger partial charge in [0, 0.05) is 19.3 Å². The van der Waals surface area contributed by atoms with Crippen molar-refractivity contribution in [2.24, 2.45) is 0 Å². The topological polar surface area (TPSA) is 46.1 Å². The Kier molecular flexibility index (Phi) is 5.59. The molecule has 0 unspecified atom stereocenters. The van der Waals surface area contributed by atoms with Crippen molar-refractivity contribution in [3.8, 4) is 0 Å². The number of amides is 1. The van der Waals surface area contributed by atoms with Crippen molar-refractivity contribution in [2.75, 3.05) is 18.8 Å². The average molecular weight is 293 g/mol. The van der Waals surface area contributed by atoms with E-state index in [0.29, 0.717) is 13.1 Å². The average Bonchev–Trinajstić information content (AvgIpc) is 2.37. The van der Waals surface area contributed by atoms with Crippen LogP contribution in [0.25, 0.3) is 0 Å². The third kappa shape index (κ3) is 4.70. The van der Waals surface area contributed by atoms with Crippen molar-refractivity contribution in [1.29, 1.82) is 0 Å². The molecule has 106 valence electrons. The predicted molar refractivity (Wildman–Crippen MR) is 65.7 cm³/mol. The van der Waals surface area contributed by atoms with E-state index in [9.17, 15) is 18.0 Å². The van der Waals surface area contributed by atoms with Gasteiger partial charge in [-0.25, -0.2) is 9.97 Å². The molecule has 0 aliphatic heterocycles. The lowest BCUT2D eigenvalue weighted by Crippen LogP contribution is -2.31. The summed E-state index contributed by atoms with van der Waals surface area (Å²) in [4.78, 5) is 20.4. The van der Waals surface area contributed by atoms with Gasteiger partial charge >= 0.3 is 6.18 Å². The van der Waals surface area contributed by atoms with Gasteiger partial charge in [-0.3, -0.25) is 4.79 Å². The monoisotopic (exact) mass is 293 g/mol. The van der Waals surface area contributed by atoms with E-state index in [2.05, 4.69) is 9.97 Å². The Hall–Kier alpha value is -1.31. The van der Waals surface area contributed by atoms with E-state index < -0.39 is 11.9 Å². The van der Waals surface area contributed by atoms with Gasteiger partial charge in [-0.05, 0) is 19.9 Å². The van der Waals surface area contributed by atoms with Gasteiger partial charge in [0.05, 0.1) is 5.75 Å². The maximum Gasteiger partial charge on any atom is 0.433 e. The third-order valence-corrected chi connectivity index (χ3v) is 3.21. The highest BCUT2D eigenvalue weighted by atomic mass is 32.2. The molecule has 0 spiro atoms. The molecule has 0 aliphatic carbocycles. The molecule has 19 heavy (non-hydrogen) atoms. The molecule has 0 aliphatic rings. The predicted octanol–water partition coefficient (Wildman–Crippen LogP) is 2.46. The Morgan fingerprint density at radius 1 is 1.37 bits per heavy atom. The zero-order valence-electron chi connectivity index (χ0n) is 10.6. The van der Waals surface area contributed by atoms with Gasteiger partial charge in [0.1, 0.15) is 5.69 Å². The minimum atomic E-state index is -4.50. The van der Waals surface area contributed by atoms with Crippen LogP contribution >= 0.6 is 11.8 Å². The van der Waals surface area contributed by atoms with Crippen LogP contribution in [0.2, 0.25) is 0 Å². The minimum absolute atomic E-state index is 0.0307. The summed E-state index contributed by atoms with van der Waals surface area (Å²) in [5, 5.41) is -0.0460. The molecule has 1 aromatic heterocycles. The lowest BCUT2D eigenvalue weighted by atomic mass is 10.4. The van der Waals surface area contributed by atoms with Gasteiger partial charge < -0.3 is 4.90 Å². The van der Waals surface area contributed by atoms with Crippen molar-refractivity contribution < 1.29 is 18.0 Å². The number of halogens is 3. The molecule has 4 nitrogen and oxygen atoms in total. The molecule has 0 radical (unpaired) electrons. The van der Waals surface area contributed by atoms with Crippen LogP contribution in [-0.2, 0) is 11.0 Å². The van der Waals surface area contributed by atoms with Gasteiger partial charge in [-0.2, -0.15) is 13.2 Å². The first-order chi connectivity index (χ1) is 8.88. The fourth-order valence-electron chi connectivity index (χ4n) is 1.36. The highest BCUT2D eigenvalue weighted by molar-refractivity contribution is 7.99. The number of alkyl halides is 3. The molecule has 0 bridgehead atoms. The lowest BCUT2D eigenvalue weighted by Gasteiger charge is -2.17. The van der Waals surface area contributed by atoms with Crippen molar-refractivity contribution in [1.82, 2.24) is 14.9 Å². The Labute approximate surface area is 113 Å². The number of rotatable bonds is 5. The van der Waals surface area contributed by atoms with E-state index in [-0.39, 0.29) is 16.8 Å². The third-order valence-electron chi connectivity index (χ3n) is 2.36. The number of thioether (sulfide) groups is 1. The van der Waals surface area contributed by atoms with E-state index in [1.54, 1.807) is 4.90 Å². The molecule has 0 fully saturated rings. The SMILES string of the molecule is CCN(CC)C(=O)CSc1nccc(C(F)(F)F)n1. The lowest BCUT2D eigenvalue weighted by molar-refractivity contribution is -0.141. The summed E-state index contributed by atoms with van der Waals surface area (Å²) in [6.07, 6.45) is -3.46. The van der Waals surface area contributed by atoms with Crippen LogP contribution in [-0.4, -0.2) is 39.6 Å². The normalized spacial score (nSPS) is 11.4. The number of hydrogen-bond acceptors (Lipinski definition) is 4. The molecule has 0 aromatic carbocycles. The van der Waals surface area contributed by atoms with Crippen LogP contribution in [0.5, 0.6) is 0 Å². The summed E-state index contributed by atoms with van der Waals surface area (Å²) < 4.78 is 37.3.